The fraction of sp³-hybridized carbons (Fsp3) is 0.300. The average molecular weight is 499 g/mol. The Balaban J connectivity index is 2.04. The highest BCUT2D eigenvalue weighted by atomic mass is 79.9. The van der Waals surface area contributed by atoms with Crippen LogP contribution >= 0.6 is 31.9 Å². The molecule has 2 aromatic rings. The number of carboxylic acid groups (broad SMARTS) is 1. The molecule has 0 aromatic heterocycles. The lowest BCUT2D eigenvalue weighted by molar-refractivity contribution is -0.137. The highest BCUT2D eigenvalue weighted by Gasteiger charge is 2.11. The third-order valence-corrected chi connectivity index (χ3v) is 4.93. The van der Waals surface area contributed by atoms with Crippen molar-refractivity contribution in [3.63, 3.8) is 0 Å². The summed E-state index contributed by atoms with van der Waals surface area (Å²) in [5, 5.41) is 11.7. The Morgan fingerprint density at radius 3 is 2.41 bits per heavy atom. The molecule has 7 heteroatoms. The highest BCUT2D eigenvalue weighted by Crippen LogP contribution is 2.35. The van der Waals surface area contributed by atoms with Crippen molar-refractivity contribution in [1.82, 2.24) is 0 Å². The van der Waals surface area contributed by atoms with Gasteiger partial charge in [-0.05, 0) is 80.1 Å². The van der Waals surface area contributed by atoms with E-state index in [1.807, 2.05) is 43.3 Å². The third-order valence-electron chi connectivity index (χ3n) is 3.76. The zero-order valence-electron chi connectivity index (χ0n) is 14.9. The number of rotatable bonds is 9. The number of aryl methyl sites for hydroxylation is 1. The predicted molar refractivity (Wildman–Crippen MR) is 112 cm³/mol. The molecule has 0 spiro atoms. The number of amides is 1. The molecule has 0 aliphatic rings. The predicted octanol–water partition coefficient (Wildman–Crippen LogP) is 5.55. The van der Waals surface area contributed by atoms with Crippen LogP contribution in [0.3, 0.4) is 0 Å². The summed E-state index contributed by atoms with van der Waals surface area (Å²) in [6.07, 6.45) is 1.83. The highest BCUT2D eigenvalue weighted by molar-refractivity contribution is 9.11. The molecule has 0 aliphatic heterocycles. The van der Waals surface area contributed by atoms with Crippen LogP contribution in [0.2, 0.25) is 0 Å². The molecule has 2 rings (SSSR count). The van der Waals surface area contributed by atoms with Gasteiger partial charge in [0.15, 0.2) is 0 Å². The fourth-order valence-electron chi connectivity index (χ4n) is 2.49. The fourth-order valence-corrected chi connectivity index (χ4v) is 4.00. The Kier molecular flexibility index (Phi) is 8.31. The number of anilines is 1. The van der Waals surface area contributed by atoms with Gasteiger partial charge >= 0.3 is 5.97 Å². The minimum absolute atomic E-state index is 0.00185. The van der Waals surface area contributed by atoms with Gasteiger partial charge in [0.1, 0.15) is 12.4 Å². The Morgan fingerprint density at radius 1 is 1.07 bits per heavy atom. The van der Waals surface area contributed by atoms with Crippen LogP contribution in [0.4, 0.5) is 5.69 Å². The Labute approximate surface area is 175 Å². The van der Waals surface area contributed by atoms with Gasteiger partial charge in [-0.15, -0.1) is 0 Å². The van der Waals surface area contributed by atoms with Crippen LogP contribution in [0.1, 0.15) is 37.3 Å². The molecule has 0 fully saturated rings. The molecule has 2 N–H and O–H groups in total. The van der Waals surface area contributed by atoms with Gasteiger partial charge in [-0.25, -0.2) is 0 Å². The maximum absolute atomic E-state index is 11.7. The summed E-state index contributed by atoms with van der Waals surface area (Å²) in [4.78, 5) is 22.5. The van der Waals surface area contributed by atoms with Gasteiger partial charge in [0.05, 0.1) is 8.95 Å². The van der Waals surface area contributed by atoms with E-state index in [-0.39, 0.29) is 12.3 Å². The van der Waals surface area contributed by atoms with E-state index in [0.29, 0.717) is 25.2 Å². The number of hydrogen-bond donors (Lipinski definition) is 2. The van der Waals surface area contributed by atoms with Crippen molar-refractivity contribution in [2.24, 2.45) is 0 Å². The topological polar surface area (TPSA) is 75.6 Å². The first-order valence-corrected chi connectivity index (χ1v) is 10.2. The van der Waals surface area contributed by atoms with Gasteiger partial charge in [-0.2, -0.15) is 0 Å². The smallest absolute Gasteiger partial charge is 0.303 e. The maximum atomic E-state index is 11.7. The van der Waals surface area contributed by atoms with Crippen LogP contribution in [0.25, 0.3) is 0 Å². The molecule has 2 aromatic carbocycles. The number of carboxylic acids is 1. The number of ether oxygens (including phenoxy) is 1. The van der Waals surface area contributed by atoms with Gasteiger partial charge in [-0.1, -0.05) is 19.1 Å². The monoisotopic (exact) mass is 497 g/mol. The second-order valence-corrected chi connectivity index (χ2v) is 7.78. The van der Waals surface area contributed by atoms with Crippen molar-refractivity contribution in [3.8, 4) is 5.75 Å². The van der Waals surface area contributed by atoms with Gasteiger partial charge < -0.3 is 15.2 Å². The number of benzene rings is 2. The van der Waals surface area contributed by atoms with E-state index in [1.54, 1.807) is 0 Å². The lowest BCUT2D eigenvalue weighted by atomic mass is 10.1. The van der Waals surface area contributed by atoms with E-state index in [0.717, 1.165) is 32.2 Å². The van der Waals surface area contributed by atoms with Gasteiger partial charge in [-0.3, -0.25) is 9.59 Å². The van der Waals surface area contributed by atoms with Crippen LogP contribution < -0.4 is 10.1 Å². The number of carbonyl (C=O) groups excluding carboxylic acids is 1. The van der Waals surface area contributed by atoms with Crippen molar-refractivity contribution >= 4 is 49.4 Å². The maximum Gasteiger partial charge on any atom is 0.303 e. The number of halogens is 2. The summed E-state index contributed by atoms with van der Waals surface area (Å²) in [5.74, 6) is -0.180. The van der Waals surface area contributed by atoms with E-state index >= 15 is 0 Å². The number of carbonyl (C=O) groups is 2. The Bertz CT molecular complexity index is 800. The third kappa shape index (κ3) is 6.99. The molecule has 144 valence electrons. The molecule has 0 heterocycles. The molecule has 0 aliphatic carbocycles. The Morgan fingerprint density at radius 2 is 1.78 bits per heavy atom. The molecule has 27 heavy (non-hydrogen) atoms. The van der Waals surface area contributed by atoms with Crippen LogP contribution in [-0.2, 0) is 22.6 Å². The summed E-state index contributed by atoms with van der Waals surface area (Å²) in [6.45, 7) is 2.30. The number of aliphatic carboxylic acids is 1. The van der Waals surface area contributed by atoms with Gasteiger partial charge in [0.25, 0.3) is 0 Å². The van der Waals surface area contributed by atoms with E-state index in [4.69, 9.17) is 9.84 Å². The molecule has 5 nitrogen and oxygen atoms in total. The largest absolute Gasteiger partial charge is 0.487 e. The van der Waals surface area contributed by atoms with E-state index in [1.165, 1.54) is 0 Å². The van der Waals surface area contributed by atoms with E-state index < -0.39 is 5.97 Å². The first-order valence-electron chi connectivity index (χ1n) is 8.60. The zero-order valence-corrected chi connectivity index (χ0v) is 18.1. The van der Waals surface area contributed by atoms with Crippen molar-refractivity contribution in [2.45, 2.75) is 39.2 Å². The first-order chi connectivity index (χ1) is 12.9. The lowest BCUT2D eigenvalue weighted by Crippen LogP contribution is -2.10. The second-order valence-electron chi connectivity index (χ2n) is 6.07. The van der Waals surface area contributed by atoms with Crippen LogP contribution in [0.15, 0.2) is 45.3 Å². The van der Waals surface area contributed by atoms with Crippen molar-refractivity contribution < 1.29 is 19.4 Å². The Hall–Kier alpha value is -1.86. The number of hydrogen-bond acceptors (Lipinski definition) is 3. The molecular weight excluding hydrogens is 478 g/mol. The van der Waals surface area contributed by atoms with Crippen molar-refractivity contribution in [2.75, 3.05) is 5.32 Å². The van der Waals surface area contributed by atoms with E-state index in [9.17, 15) is 9.59 Å². The molecule has 0 saturated heterocycles. The van der Waals surface area contributed by atoms with E-state index in [2.05, 4.69) is 37.2 Å². The van der Waals surface area contributed by atoms with Crippen molar-refractivity contribution in [1.29, 1.82) is 0 Å². The van der Waals surface area contributed by atoms with Crippen LogP contribution in [-0.4, -0.2) is 17.0 Å². The molecule has 0 radical (unpaired) electrons. The molecular formula is C20H21Br2NO4. The minimum Gasteiger partial charge on any atom is -0.487 e. The summed E-state index contributed by atoms with van der Waals surface area (Å²) in [6, 6.07) is 11.3. The summed E-state index contributed by atoms with van der Waals surface area (Å²) < 4.78 is 7.43. The summed E-state index contributed by atoms with van der Waals surface area (Å²) >= 11 is 6.97. The van der Waals surface area contributed by atoms with Crippen LogP contribution in [0, 0.1) is 0 Å². The molecule has 1 amide bonds. The number of nitrogens with one attached hydrogen (secondary N) is 1. The molecule has 0 bridgehead atoms. The lowest BCUT2D eigenvalue weighted by Gasteiger charge is -2.13. The molecule has 0 atom stereocenters. The summed E-state index contributed by atoms with van der Waals surface area (Å²) in [7, 11) is 0. The second kappa shape index (κ2) is 10.5. The van der Waals surface area contributed by atoms with Gasteiger partial charge in [0, 0.05) is 18.5 Å². The van der Waals surface area contributed by atoms with Crippen LogP contribution in [0.5, 0.6) is 5.75 Å². The normalized spacial score (nSPS) is 10.5. The minimum atomic E-state index is -0.825. The average Bonchev–Trinajstić information content (AvgIpc) is 2.59. The first kappa shape index (κ1) is 21.4. The SMILES string of the molecule is CCCC(=O)Nc1cccc(COc2c(Br)cc(CCC(=O)O)cc2Br)c1. The zero-order chi connectivity index (χ0) is 19.8. The molecule has 0 saturated carbocycles. The van der Waals surface area contributed by atoms with Gasteiger partial charge in [0.2, 0.25) is 5.91 Å². The molecule has 0 unspecified atom stereocenters. The standard InChI is InChI=1S/C20H21Br2NO4/c1-2-4-18(24)23-15-6-3-5-14(9-15)12-27-20-16(21)10-13(11-17(20)22)7-8-19(25)26/h3,5-6,9-11H,2,4,7-8,12H2,1H3,(H,23,24)(H,25,26). The summed E-state index contributed by atoms with van der Waals surface area (Å²) in [5.41, 5.74) is 2.58. The quantitative estimate of drug-likeness (QED) is 0.475. The van der Waals surface area contributed by atoms with Crippen molar-refractivity contribution in [3.05, 3.63) is 56.5 Å².